The lowest BCUT2D eigenvalue weighted by molar-refractivity contribution is 0.0729. The molecule has 2 heterocycles. The summed E-state index contributed by atoms with van der Waals surface area (Å²) in [7, 11) is 0. The summed E-state index contributed by atoms with van der Waals surface area (Å²) in [6.07, 6.45) is 2.21. The number of fused-ring (bicyclic) bond motifs is 1. The Morgan fingerprint density at radius 2 is 2.04 bits per heavy atom. The minimum Gasteiger partial charge on any atom is -0.334 e. The smallest absolute Gasteiger partial charge is 0.280 e. The van der Waals surface area contributed by atoms with Crippen LogP contribution < -0.4 is 5.56 Å². The maximum absolute atomic E-state index is 13.5. The van der Waals surface area contributed by atoms with E-state index in [4.69, 9.17) is 11.6 Å². The molecule has 1 saturated heterocycles. The van der Waals surface area contributed by atoms with Gasteiger partial charge in [-0.1, -0.05) is 23.7 Å². The fourth-order valence-corrected chi connectivity index (χ4v) is 3.83. The number of carbonyl (C=O) groups excluding carboxylic acids is 1. The van der Waals surface area contributed by atoms with Gasteiger partial charge in [0.15, 0.2) is 17.3 Å². The zero-order valence-corrected chi connectivity index (χ0v) is 15.5. The summed E-state index contributed by atoms with van der Waals surface area (Å²) < 4.78 is 26.9. The summed E-state index contributed by atoms with van der Waals surface area (Å²) in [5.41, 5.74) is 0.00771. The van der Waals surface area contributed by atoms with Gasteiger partial charge < -0.3 is 9.88 Å². The minimum absolute atomic E-state index is 0.0208. The van der Waals surface area contributed by atoms with Crippen molar-refractivity contribution in [2.75, 3.05) is 6.54 Å². The first kappa shape index (κ1) is 18.6. The number of rotatable bonds is 3. The molecule has 0 saturated carbocycles. The van der Waals surface area contributed by atoms with Gasteiger partial charge in [0, 0.05) is 29.7 Å². The average molecular weight is 404 g/mol. The standard InChI is InChI=1S/C20H16ClF2N3O2/c21-12-4-1-3-11(7-12)8-13-5-2-6-26(13)20(28)18-19(27)25-17-10-15(23)14(22)9-16(17)24-18/h1,3-4,7,9-10,13H,2,5-6,8H2,(H,25,27). The van der Waals surface area contributed by atoms with Crippen LogP contribution in [0.25, 0.3) is 11.0 Å². The van der Waals surface area contributed by atoms with Crippen LogP contribution in [-0.2, 0) is 6.42 Å². The van der Waals surface area contributed by atoms with Crippen molar-refractivity contribution in [2.24, 2.45) is 0 Å². The number of hydrogen-bond acceptors (Lipinski definition) is 3. The van der Waals surface area contributed by atoms with E-state index in [1.54, 1.807) is 11.0 Å². The first-order chi connectivity index (χ1) is 13.4. The first-order valence-corrected chi connectivity index (χ1v) is 9.24. The Hall–Kier alpha value is -2.80. The number of likely N-dealkylation sites (tertiary alicyclic amines) is 1. The number of carbonyl (C=O) groups is 1. The number of aromatic amines is 1. The highest BCUT2D eigenvalue weighted by molar-refractivity contribution is 6.30. The van der Waals surface area contributed by atoms with Crippen LogP contribution in [0.2, 0.25) is 5.02 Å². The molecule has 28 heavy (non-hydrogen) atoms. The van der Waals surface area contributed by atoms with E-state index in [1.165, 1.54) is 0 Å². The van der Waals surface area contributed by atoms with Gasteiger partial charge in [0.1, 0.15) is 0 Å². The lowest BCUT2D eigenvalue weighted by Crippen LogP contribution is -2.40. The van der Waals surface area contributed by atoms with E-state index in [0.29, 0.717) is 18.0 Å². The van der Waals surface area contributed by atoms with Gasteiger partial charge in [-0.25, -0.2) is 13.8 Å². The third-order valence-electron chi connectivity index (χ3n) is 4.94. The quantitative estimate of drug-likeness (QED) is 0.725. The topological polar surface area (TPSA) is 66.1 Å². The normalized spacial score (nSPS) is 16.7. The second-order valence-electron chi connectivity index (χ2n) is 6.83. The number of H-pyrrole nitrogens is 1. The summed E-state index contributed by atoms with van der Waals surface area (Å²) in [4.78, 5) is 33.4. The van der Waals surface area contributed by atoms with Gasteiger partial charge in [-0.3, -0.25) is 9.59 Å². The first-order valence-electron chi connectivity index (χ1n) is 8.87. The molecule has 8 heteroatoms. The average Bonchev–Trinajstić information content (AvgIpc) is 3.10. The fraction of sp³-hybridized carbons (Fsp3) is 0.250. The maximum Gasteiger partial charge on any atom is 0.280 e. The fourth-order valence-electron chi connectivity index (χ4n) is 3.61. The van der Waals surface area contributed by atoms with E-state index in [2.05, 4.69) is 9.97 Å². The van der Waals surface area contributed by atoms with Crippen molar-refractivity contribution in [3.63, 3.8) is 0 Å². The number of aromatic nitrogens is 2. The van der Waals surface area contributed by atoms with Gasteiger partial charge in [-0.2, -0.15) is 0 Å². The molecule has 0 spiro atoms. The Kier molecular flexibility index (Phi) is 4.85. The van der Waals surface area contributed by atoms with Gasteiger partial charge in [0.2, 0.25) is 0 Å². The molecule has 1 aromatic heterocycles. The predicted octanol–water partition coefficient (Wildman–Crippen LogP) is 3.70. The summed E-state index contributed by atoms with van der Waals surface area (Å²) in [5, 5.41) is 0.621. The van der Waals surface area contributed by atoms with Crippen LogP contribution in [0.5, 0.6) is 0 Å². The molecule has 144 valence electrons. The number of benzene rings is 2. The number of amides is 1. The van der Waals surface area contributed by atoms with Crippen LogP contribution in [0, 0.1) is 11.6 Å². The van der Waals surface area contributed by atoms with E-state index in [0.717, 1.165) is 30.5 Å². The number of hydrogen-bond donors (Lipinski definition) is 1. The van der Waals surface area contributed by atoms with Gasteiger partial charge in [-0.05, 0) is 37.0 Å². The molecule has 1 atom stereocenters. The van der Waals surface area contributed by atoms with Crippen molar-refractivity contribution in [1.29, 1.82) is 0 Å². The zero-order chi connectivity index (χ0) is 19.8. The van der Waals surface area contributed by atoms with Crippen LogP contribution in [0.1, 0.15) is 28.9 Å². The van der Waals surface area contributed by atoms with Crippen molar-refractivity contribution < 1.29 is 13.6 Å². The van der Waals surface area contributed by atoms with Gasteiger partial charge >= 0.3 is 0 Å². The molecule has 1 unspecified atom stereocenters. The van der Waals surface area contributed by atoms with Crippen molar-refractivity contribution in [3.05, 3.63) is 74.7 Å². The van der Waals surface area contributed by atoms with Crippen molar-refractivity contribution in [2.45, 2.75) is 25.3 Å². The third-order valence-corrected chi connectivity index (χ3v) is 5.17. The van der Waals surface area contributed by atoms with E-state index in [9.17, 15) is 18.4 Å². The van der Waals surface area contributed by atoms with Crippen LogP contribution in [0.3, 0.4) is 0 Å². The molecule has 1 amide bonds. The third kappa shape index (κ3) is 3.49. The molecular weight excluding hydrogens is 388 g/mol. The van der Waals surface area contributed by atoms with Crippen LogP contribution in [0.15, 0.2) is 41.2 Å². The van der Waals surface area contributed by atoms with Crippen molar-refractivity contribution in [3.8, 4) is 0 Å². The van der Waals surface area contributed by atoms with Crippen molar-refractivity contribution in [1.82, 2.24) is 14.9 Å². The minimum atomic E-state index is -1.09. The molecule has 5 nitrogen and oxygen atoms in total. The monoisotopic (exact) mass is 403 g/mol. The maximum atomic E-state index is 13.5. The molecule has 0 aliphatic carbocycles. The molecule has 4 rings (SSSR count). The van der Waals surface area contributed by atoms with Gasteiger partial charge in [0.05, 0.1) is 11.0 Å². The number of nitrogens with one attached hydrogen (secondary N) is 1. The summed E-state index contributed by atoms with van der Waals surface area (Å²) in [5.74, 6) is -2.70. The highest BCUT2D eigenvalue weighted by Gasteiger charge is 2.31. The number of nitrogens with zero attached hydrogens (tertiary/aromatic N) is 2. The SMILES string of the molecule is O=C(c1nc2cc(F)c(F)cc2[nH]c1=O)N1CCCC1Cc1cccc(Cl)c1. The molecule has 3 aromatic rings. The van der Waals surface area contributed by atoms with E-state index in [-0.39, 0.29) is 22.8 Å². The molecule has 0 radical (unpaired) electrons. The van der Waals surface area contributed by atoms with Gasteiger partial charge in [-0.15, -0.1) is 0 Å². The Balaban J connectivity index is 1.65. The molecular formula is C20H16ClF2N3O2. The van der Waals surface area contributed by atoms with Crippen LogP contribution in [-0.4, -0.2) is 33.4 Å². The number of halogens is 3. The van der Waals surface area contributed by atoms with E-state index < -0.39 is 23.1 Å². The molecule has 2 aromatic carbocycles. The Morgan fingerprint density at radius 3 is 2.82 bits per heavy atom. The molecule has 1 aliphatic rings. The molecule has 1 N–H and O–H groups in total. The van der Waals surface area contributed by atoms with E-state index in [1.807, 2.05) is 18.2 Å². The highest BCUT2D eigenvalue weighted by Crippen LogP contribution is 2.24. The van der Waals surface area contributed by atoms with Gasteiger partial charge in [0.25, 0.3) is 11.5 Å². The van der Waals surface area contributed by atoms with E-state index >= 15 is 0 Å². The molecule has 1 aliphatic heterocycles. The van der Waals surface area contributed by atoms with Crippen LogP contribution in [0.4, 0.5) is 8.78 Å². The lowest BCUT2D eigenvalue weighted by Gasteiger charge is -2.24. The zero-order valence-electron chi connectivity index (χ0n) is 14.7. The second-order valence-corrected chi connectivity index (χ2v) is 7.26. The lowest BCUT2D eigenvalue weighted by atomic mass is 10.0. The Labute approximate surface area is 164 Å². The molecule has 1 fully saturated rings. The second kappa shape index (κ2) is 7.31. The summed E-state index contributed by atoms with van der Waals surface area (Å²) >= 11 is 6.03. The summed E-state index contributed by atoms with van der Waals surface area (Å²) in [6.45, 7) is 0.501. The largest absolute Gasteiger partial charge is 0.334 e. The highest BCUT2D eigenvalue weighted by atomic mass is 35.5. The Bertz CT molecular complexity index is 1130. The predicted molar refractivity (Wildman–Crippen MR) is 101 cm³/mol. The van der Waals surface area contributed by atoms with Crippen molar-refractivity contribution >= 4 is 28.5 Å². The summed E-state index contributed by atoms with van der Waals surface area (Å²) in [6, 6.07) is 9.04. The Morgan fingerprint density at radius 1 is 1.25 bits per heavy atom. The van der Waals surface area contributed by atoms with Crippen LogP contribution >= 0.6 is 11.6 Å². The molecule has 0 bridgehead atoms.